The van der Waals surface area contributed by atoms with E-state index >= 15 is 0 Å². The Hall–Kier alpha value is -7.43. The van der Waals surface area contributed by atoms with Gasteiger partial charge in [-0.15, -0.1) is 0 Å². The summed E-state index contributed by atoms with van der Waals surface area (Å²) in [4.78, 5) is 16.0. The summed E-state index contributed by atoms with van der Waals surface area (Å²) in [6.07, 6.45) is 17.5. The molecule has 0 amide bonds. The van der Waals surface area contributed by atoms with Crippen molar-refractivity contribution in [1.29, 1.82) is 0 Å². The topological polar surface area (TPSA) is 43.6 Å². The van der Waals surface area contributed by atoms with Gasteiger partial charge in [-0.2, -0.15) is 9.97 Å². The normalized spacial score (nSPS) is 18.2. The van der Waals surface area contributed by atoms with Crippen LogP contribution in [0.4, 0.5) is 0 Å². The average molecular weight is 783 g/mol. The van der Waals surface area contributed by atoms with Gasteiger partial charge in [-0.25, -0.2) is 4.98 Å². The zero-order chi connectivity index (χ0) is 40.3. The maximum atomic E-state index is 5.38. The van der Waals surface area contributed by atoms with Gasteiger partial charge >= 0.3 is 0 Å². The van der Waals surface area contributed by atoms with Crippen LogP contribution in [-0.2, 0) is 12.8 Å². The molecule has 2 heterocycles. The van der Waals surface area contributed by atoms with E-state index in [2.05, 4.69) is 205 Å². The summed E-state index contributed by atoms with van der Waals surface area (Å²) in [5, 5.41) is 5.70. The number of allylic oxidation sites excluding steroid dienone is 7. The van der Waals surface area contributed by atoms with Crippen molar-refractivity contribution in [3.8, 4) is 28.7 Å². The van der Waals surface area contributed by atoms with Gasteiger partial charge in [0.25, 0.3) is 0 Å². The van der Waals surface area contributed by atoms with Crippen molar-refractivity contribution in [2.75, 3.05) is 0 Å². The Bertz CT molecular complexity index is 3200. The van der Waals surface area contributed by atoms with Crippen LogP contribution in [0, 0.1) is 5.92 Å². The Balaban J connectivity index is 1.01. The van der Waals surface area contributed by atoms with Gasteiger partial charge in [-0.05, 0) is 80.1 Å². The molecule has 12 rings (SSSR count). The van der Waals surface area contributed by atoms with E-state index in [0.717, 1.165) is 63.1 Å². The van der Waals surface area contributed by atoms with Crippen molar-refractivity contribution in [1.82, 2.24) is 19.5 Å². The number of benzene rings is 7. The summed E-state index contributed by atoms with van der Waals surface area (Å²) < 4.78 is 2.29. The first-order valence-electron chi connectivity index (χ1n) is 21.5. The van der Waals surface area contributed by atoms with Gasteiger partial charge in [0.05, 0.1) is 5.52 Å². The van der Waals surface area contributed by atoms with Crippen LogP contribution in [0.25, 0.3) is 67.2 Å². The summed E-state index contributed by atoms with van der Waals surface area (Å²) in [5.41, 5.74) is 12.3. The minimum Gasteiger partial charge on any atom is -0.281 e. The molecule has 0 N–H and O–H groups in total. The van der Waals surface area contributed by atoms with Crippen molar-refractivity contribution in [2.45, 2.75) is 31.1 Å². The van der Waals surface area contributed by atoms with Crippen molar-refractivity contribution in [2.24, 2.45) is 5.92 Å². The summed E-state index contributed by atoms with van der Waals surface area (Å²) in [7, 11) is 0. The molecule has 0 fully saturated rings. The van der Waals surface area contributed by atoms with Crippen LogP contribution >= 0.6 is 0 Å². The molecular weight excluding hydrogens is 741 g/mol. The smallest absolute Gasteiger partial charge is 0.238 e. The van der Waals surface area contributed by atoms with Gasteiger partial charge in [0, 0.05) is 40.1 Å². The van der Waals surface area contributed by atoms with Gasteiger partial charge in [-0.3, -0.25) is 4.57 Å². The van der Waals surface area contributed by atoms with Crippen LogP contribution in [-0.4, -0.2) is 19.5 Å². The van der Waals surface area contributed by atoms with E-state index in [0.29, 0.717) is 35.4 Å². The number of nitrogens with zero attached hydrogens (tertiary/aromatic N) is 4. The van der Waals surface area contributed by atoms with Gasteiger partial charge in [0.2, 0.25) is 5.95 Å². The second-order valence-corrected chi connectivity index (χ2v) is 16.6. The highest BCUT2D eigenvalue weighted by Crippen LogP contribution is 2.48. The van der Waals surface area contributed by atoms with E-state index in [1.165, 1.54) is 38.8 Å². The lowest BCUT2D eigenvalue weighted by molar-refractivity contribution is 0.453. The first kappa shape index (κ1) is 35.5. The molecule has 0 aliphatic heterocycles. The Morgan fingerprint density at radius 3 is 1.92 bits per heavy atom. The molecule has 3 aliphatic carbocycles. The molecule has 3 aliphatic rings. The fourth-order valence-electron chi connectivity index (χ4n) is 10.4. The number of hydrogen-bond donors (Lipinski definition) is 0. The lowest BCUT2D eigenvalue weighted by atomic mass is 9.72. The van der Waals surface area contributed by atoms with E-state index in [9.17, 15) is 0 Å². The van der Waals surface area contributed by atoms with Gasteiger partial charge in [-0.1, -0.05) is 194 Å². The second kappa shape index (κ2) is 14.7. The highest BCUT2D eigenvalue weighted by atomic mass is 15.2. The fourth-order valence-corrected chi connectivity index (χ4v) is 10.4. The molecule has 7 aromatic carbocycles. The van der Waals surface area contributed by atoms with Crippen molar-refractivity contribution in [3.05, 3.63) is 233 Å². The van der Waals surface area contributed by atoms with Crippen LogP contribution in [0.5, 0.6) is 0 Å². The highest BCUT2D eigenvalue weighted by molar-refractivity contribution is 5.98. The number of aromatic nitrogens is 4. The first-order valence-corrected chi connectivity index (χ1v) is 21.5. The third-order valence-electron chi connectivity index (χ3n) is 13.3. The number of aryl methyl sites for hydroxylation is 1. The Labute approximate surface area is 355 Å². The quantitative estimate of drug-likeness (QED) is 0.175. The lowest BCUT2D eigenvalue weighted by Gasteiger charge is -2.32. The molecule has 61 heavy (non-hydrogen) atoms. The fraction of sp³-hybridized carbons (Fsp3) is 0.105. The van der Waals surface area contributed by atoms with E-state index < -0.39 is 0 Å². The molecule has 2 aromatic heterocycles. The molecule has 9 aromatic rings. The monoisotopic (exact) mass is 782 g/mol. The first-order chi connectivity index (χ1) is 30.2. The van der Waals surface area contributed by atoms with Gasteiger partial charge < -0.3 is 0 Å². The molecule has 0 spiro atoms. The molecule has 3 atom stereocenters. The molecule has 0 radical (unpaired) electrons. The lowest BCUT2D eigenvalue weighted by Crippen LogP contribution is -2.19. The van der Waals surface area contributed by atoms with Crippen LogP contribution in [0.15, 0.2) is 205 Å². The molecule has 0 saturated heterocycles. The van der Waals surface area contributed by atoms with E-state index in [1.807, 2.05) is 0 Å². The molecule has 4 heteroatoms. The largest absolute Gasteiger partial charge is 0.281 e. The van der Waals surface area contributed by atoms with E-state index in [4.69, 9.17) is 15.0 Å². The molecule has 0 saturated carbocycles. The minimum atomic E-state index is 0.337. The third-order valence-corrected chi connectivity index (χ3v) is 13.3. The van der Waals surface area contributed by atoms with Gasteiger partial charge in [0.15, 0.2) is 11.6 Å². The zero-order valence-corrected chi connectivity index (χ0v) is 33.7. The number of para-hydroxylation sites is 1. The maximum absolute atomic E-state index is 5.38. The average Bonchev–Trinajstić information content (AvgIpc) is 3.41. The van der Waals surface area contributed by atoms with Crippen LogP contribution in [0.2, 0.25) is 0 Å². The van der Waals surface area contributed by atoms with E-state index in [-0.39, 0.29) is 0 Å². The maximum Gasteiger partial charge on any atom is 0.238 e. The summed E-state index contributed by atoms with van der Waals surface area (Å²) in [5.74, 6) is 3.04. The van der Waals surface area contributed by atoms with Crippen LogP contribution < -0.4 is 0 Å². The van der Waals surface area contributed by atoms with Crippen molar-refractivity contribution in [3.63, 3.8) is 0 Å². The second-order valence-electron chi connectivity index (χ2n) is 16.6. The van der Waals surface area contributed by atoms with Crippen LogP contribution in [0.1, 0.15) is 46.2 Å². The predicted molar refractivity (Wildman–Crippen MR) is 251 cm³/mol. The van der Waals surface area contributed by atoms with Crippen LogP contribution in [0.3, 0.4) is 0 Å². The molecule has 0 bridgehead atoms. The summed E-state index contributed by atoms with van der Waals surface area (Å²) in [6, 6.07) is 58.7. The number of hydrogen-bond acceptors (Lipinski definition) is 3. The molecular formula is C57H42N4. The standard InChI is InChI=1S/C57H42N4/c1-2-14-38(15-3-1)46-32-29-41-18-6-7-21-43(41)47-33-30-42(36-52(46)47)37-28-34-49-48-24-10-11-27-53(48)61(54(49)35-31-37)57-59-55(50-25-12-19-39-16-4-8-22-44(39)50)58-56(60-57)51-26-13-20-40-17-5-9-23-45(40)51/h1-28,30-31,33-34,36,46-47,52H,29,32,35H2. The Kier molecular flexibility index (Phi) is 8.55. The zero-order valence-electron chi connectivity index (χ0n) is 33.7. The summed E-state index contributed by atoms with van der Waals surface area (Å²) in [6.45, 7) is 0. The summed E-state index contributed by atoms with van der Waals surface area (Å²) >= 11 is 0. The van der Waals surface area contributed by atoms with E-state index in [1.54, 1.807) is 0 Å². The SMILES string of the molecule is C1=Cc2c(n(-c3nc(-c4cccc5ccccc45)nc(-c4cccc5ccccc45)n3)c3ccccc23)CC=C1C1=CC2C(C=C1)c1ccccc1CCC2c1ccccc1. The van der Waals surface area contributed by atoms with Gasteiger partial charge in [0.1, 0.15) is 0 Å². The molecule has 290 valence electrons. The Morgan fingerprint density at radius 1 is 0.525 bits per heavy atom. The molecule has 3 unspecified atom stereocenters. The number of fused-ring (bicyclic) bond motifs is 8. The highest BCUT2D eigenvalue weighted by Gasteiger charge is 2.35. The third kappa shape index (κ3) is 6.09. The molecule has 4 nitrogen and oxygen atoms in total. The Morgan fingerprint density at radius 2 is 1.16 bits per heavy atom. The predicted octanol–water partition coefficient (Wildman–Crippen LogP) is 13.6. The number of rotatable bonds is 5. The van der Waals surface area contributed by atoms with Crippen molar-refractivity contribution < 1.29 is 0 Å². The van der Waals surface area contributed by atoms with Crippen molar-refractivity contribution >= 4 is 38.5 Å². The minimum absolute atomic E-state index is 0.337.